The number of alkyl halides is 1. The standard InChI is InChI=1S/C26H31F3N6O4S/c27-17-33-15-24(36)34-22(9-12-40-30)25(37)32(10-11-39-16-19-3-1-2-4-21(19)29)14-23(34)35(33)26(38)31-13-18-5-7-20(28)8-6-18/h1-8,22-23H,9-17,30H2,(H,31,38)/t22-,23-/m0/s1. The Labute approximate surface area is 234 Å². The largest absolute Gasteiger partial charge is 0.375 e. The van der Waals surface area contributed by atoms with Crippen LogP contribution in [0.3, 0.4) is 0 Å². The average molecular weight is 581 g/mol. The van der Waals surface area contributed by atoms with Gasteiger partial charge in [0.2, 0.25) is 11.8 Å². The smallest absolute Gasteiger partial charge is 0.334 e. The van der Waals surface area contributed by atoms with E-state index in [1.807, 2.05) is 0 Å². The summed E-state index contributed by atoms with van der Waals surface area (Å²) in [7, 11) is 0. The third kappa shape index (κ3) is 6.86. The normalized spacial score (nSPS) is 19.6. The maximum atomic E-state index is 14.1. The number of carbonyl (C=O) groups excluding carboxylic acids is 3. The Morgan fingerprint density at radius 3 is 2.58 bits per heavy atom. The summed E-state index contributed by atoms with van der Waals surface area (Å²) < 4.78 is 46.9. The third-order valence-electron chi connectivity index (χ3n) is 6.76. The number of nitrogens with two attached hydrogens (primary N) is 1. The van der Waals surface area contributed by atoms with Gasteiger partial charge in [-0.25, -0.2) is 23.0 Å². The van der Waals surface area contributed by atoms with Crippen molar-refractivity contribution < 1.29 is 32.3 Å². The van der Waals surface area contributed by atoms with Crippen LogP contribution in [-0.4, -0.2) is 88.7 Å². The molecule has 2 aromatic carbocycles. The molecule has 0 saturated carbocycles. The molecular formula is C26H31F3N6O4S. The van der Waals surface area contributed by atoms with E-state index >= 15 is 0 Å². The minimum Gasteiger partial charge on any atom is -0.375 e. The highest BCUT2D eigenvalue weighted by molar-refractivity contribution is 7.97. The number of benzene rings is 2. The molecule has 216 valence electrons. The molecule has 4 amide bonds. The first-order valence-electron chi connectivity index (χ1n) is 12.7. The Morgan fingerprint density at radius 2 is 1.88 bits per heavy atom. The van der Waals surface area contributed by atoms with Crippen molar-refractivity contribution in [3.05, 3.63) is 71.3 Å². The van der Waals surface area contributed by atoms with Crippen LogP contribution in [0.4, 0.5) is 18.0 Å². The second-order valence-corrected chi connectivity index (χ2v) is 10.0. The number of piperazine rings is 1. The zero-order valence-electron chi connectivity index (χ0n) is 21.7. The van der Waals surface area contributed by atoms with Gasteiger partial charge >= 0.3 is 6.03 Å². The van der Waals surface area contributed by atoms with E-state index in [2.05, 4.69) is 5.32 Å². The monoisotopic (exact) mass is 580 g/mol. The lowest BCUT2D eigenvalue weighted by molar-refractivity contribution is -0.195. The molecule has 0 aliphatic carbocycles. The van der Waals surface area contributed by atoms with Gasteiger partial charge in [0.05, 0.1) is 19.8 Å². The first kappa shape index (κ1) is 29.6. The Hall–Kier alpha value is -3.33. The number of hydrogen-bond acceptors (Lipinski definition) is 7. The van der Waals surface area contributed by atoms with E-state index in [1.54, 1.807) is 18.2 Å². The van der Waals surface area contributed by atoms with Crippen LogP contribution < -0.4 is 10.5 Å². The maximum absolute atomic E-state index is 14.1. The number of amides is 4. The predicted molar refractivity (Wildman–Crippen MR) is 141 cm³/mol. The topological polar surface area (TPSA) is 111 Å². The lowest BCUT2D eigenvalue weighted by Gasteiger charge is -2.54. The summed E-state index contributed by atoms with van der Waals surface area (Å²) in [5, 5.41) is 10.4. The van der Waals surface area contributed by atoms with Crippen molar-refractivity contribution >= 4 is 29.8 Å². The van der Waals surface area contributed by atoms with Gasteiger partial charge in [0.15, 0.2) is 6.80 Å². The van der Waals surface area contributed by atoms with Gasteiger partial charge in [-0.2, -0.15) is 5.01 Å². The summed E-state index contributed by atoms with van der Waals surface area (Å²) in [5.74, 6) is -1.28. The Balaban J connectivity index is 1.50. The van der Waals surface area contributed by atoms with Crippen LogP contribution >= 0.6 is 11.9 Å². The number of hydrogen-bond donors (Lipinski definition) is 2. The molecule has 0 spiro atoms. The average Bonchev–Trinajstić information content (AvgIpc) is 2.95. The molecule has 2 heterocycles. The zero-order chi connectivity index (χ0) is 28.6. The molecule has 3 N–H and O–H groups in total. The van der Waals surface area contributed by atoms with Crippen molar-refractivity contribution in [2.24, 2.45) is 5.14 Å². The number of nitrogens with one attached hydrogen (secondary N) is 1. The van der Waals surface area contributed by atoms with Crippen LogP contribution in [0.2, 0.25) is 0 Å². The molecule has 2 saturated heterocycles. The highest BCUT2D eigenvalue weighted by Crippen LogP contribution is 2.28. The SMILES string of the molecule is NSCC[C@H]1C(=O)N(CCOCc2ccccc2F)C[C@H]2N1C(=O)CN(CF)N2C(=O)NCc1ccc(F)cc1. The molecule has 0 aromatic heterocycles. The van der Waals surface area contributed by atoms with Crippen molar-refractivity contribution in [3.8, 4) is 0 Å². The molecule has 2 aliphatic rings. The van der Waals surface area contributed by atoms with E-state index in [0.29, 0.717) is 16.9 Å². The number of hydrazine groups is 1. The fraction of sp³-hybridized carbons (Fsp3) is 0.423. The summed E-state index contributed by atoms with van der Waals surface area (Å²) in [6.45, 7) is -1.40. The number of halogens is 3. The van der Waals surface area contributed by atoms with Crippen LogP contribution in [0.1, 0.15) is 17.5 Å². The molecule has 40 heavy (non-hydrogen) atoms. The van der Waals surface area contributed by atoms with E-state index in [1.165, 1.54) is 40.1 Å². The zero-order valence-corrected chi connectivity index (χ0v) is 22.5. The summed E-state index contributed by atoms with van der Waals surface area (Å²) in [4.78, 5) is 42.7. The van der Waals surface area contributed by atoms with Gasteiger partial charge in [0.25, 0.3) is 0 Å². The van der Waals surface area contributed by atoms with Crippen LogP contribution in [-0.2, 0) is 27.5 Å². The van der Waals surface area contributed by atoms with Crippen molar-refractivity contribution in [2.75, 3.05) is 38.8 Å². The first-order valence-corrected chi connectivity index (χ1v) is 13.7. The number of carbonyl (C=O) groups is 3. The third-order valence-corrected chi connectivity index (χ3v) is 7.23. The minimum atomic E-state index is -1.11. The summed E-state index contributed by atoms with van der Waals surface area (Å²) in [6, 6.07) is 10.1. The van der Waals surface area contributed by atoms with Crippen molar-refractivity contribution in [2.45, 2.75) is 31.8 Å². The van der Waals surface area contributed by atoms with E-state index < -0.39 is 49.1 Å². The predicted octanol–water partition coefficient (Wildman–Crippen LogP) is 2.21. The van der Waals surface area contributed by atoms with Crippen LogP contribution in [0.15, 0.2) is 48.5 Å². The Bertz CT molecular complexity index is 1190. The van der Waals surface area contributed by atoms with E-state index in [0.717, 1.165) is 22.0 Å². The quantitative estimate of drug-likeness (QED) is 0.238. The second kappa shape index (κ2) is 13.8. The Kier molecular flexibility index (Phi) is 10.3. The summed E-state index contributed by atoms with van der Waals surface area (Å²) in [5.41, 5.74) is 0.994. The molecule has 4 rings (SSSR count). The fourth-order valence-corrected chi connectivity index (χ4v) is 5.15. The molecule has 2 aromatic rings. The van der Waals surface area contributed by atoms with Gasteiger partial charge in [0.1, 0.15) is 30.4 Å². The lowest BCUT2D eigenvalue weighted by atomic mass is 10.0. The van der Waals surface area contributed by atoms with Gasteiger partial charge in [-0.05, 0) is 30.2 Å². The van der Waals surface area contributed by atoms with Gasteiger partial charge < -0.3 is 19.9 Å². The van der Waals surface area contributed by atoms with Gasteiger partial charge in [-0.3, -0.25) is 14.7 Å². The van der Waals surface area contributed by atoms with Crippen LogP contribution in [0, 0.1) is 11.6 Å². The van der Waals surface area contributed by atoms with Gasteiger partial charge in [-0.15, -0.1) is 0 Å². The number of urea groups is 1. The molecular weight excluding hydrogens is 549 g/mol. The van der Waals surface area contributed by atoms with Crippen molar-refractivity contribution in [1.29, 1.82) is 0 Å². The van der Waals surface area contributed by atoms with Crippen molar-refractivity contribution in [1.82, 2.24) is 25.1 Å². The maximum Gasteiger partial charge on any atom is 0.334 e. The molecule has 0 radical (unpaired) electrons. The number of rotatable bonds is 11. The molecule has 2 fully saturated rings. The summed E-state index contributed by atoms with van der Waals surface area (Å²) in [6.07, 6.45) is -0.752. The molecule has 0 bridgehead atoms. The van der Waals surface area contributed by atoms with Gasteiger partial charge in [0, 0.05) is 24.4 Å². The molecule has 2 aliphatic heterocycles. The highest BCUT2D eigenvalue weighted by Gasteiger charge is 2.51. The van der Waals surface area contributed by atoms with Crippen LogP contribution in [0.25, 0.3) is 0 Å². The van der Waals surface area contributed by atoms with Crippen LogP contribution in [0.5, 0.6) is 0 Å². The molecule has 14 heteroatoms. The molecule has 10 nitrogen and oxygen atoms in total. The molecule has 0 unspecified atom stereocenters. The van der Waals surface area contributed by atoms with E-state index in [4.69, 9.17) is 9.88 Å². The fourth-order valence-electron chi connectivity index (χ4n) is 4.79. The number of fused-ring (bicyclic) bond motifs is 1. The second-order valence-electron chi connectivity index (χ2n) is 9.30. The Morgan fingerprint density at radius 1 is 1.12 bits per heavy atom. The first-order chi connectivity index (χ1) is 19.3. The van der Waals surface area contributed by atoms with E-state index in [9.17, 15) is 27.6 Å². The highest BCUT2D eigenvalue weighted by atomic mass is 32.2. The lowest BCUT2D eigenvalue weighted by Crippen LogP contribution is -2.76. The molecule has 2 atom stereocenters. The number of nitrogens with zero attached hydrogens (tertiary/aromatic N) is 4. The summed E-state index contributed by atoms with van der Waals surface area (Å²) >= 11 is 1.02. The number of ether oxygens (including phenoxy) is 1. The van der Waals surface area contributed by atoms with Gasteiger partial charge in [-0.1, -0.05) is 42.3 Å². The minimum absolute atomic E-state index is 0.00350. The van der Waals surface area contributed by atoms with Crippen molar-refractivity contribution in [3.63, 3.8) is 0 Å². The van der Waals surface area contributed by atoms with E-state index in [-0.39, 0.29) is 45.2 Å².